The van der Waals surface area contributed by atoms with E-state index in [1.54, 1.807) is 7.05 Å². The molecule has 0 saturated heterocycles. The summed E-state index contributed by atoms with van der Waals surface area (Å²) >= 11 is 0. The first-order valence-electron chi connectivity index (χ1n) is 5.83. The van der Waals surface area contributed by atoms with Gasteiger partial charge in [-0.25, -0.2) is 4.39 Å². The van der Waals surface area contributed by atoms with Gasteiger partial charge in [0.25, 0.3) is 11.5 Å². The number of aromatic nitrogens is 1. The Morgan fingerprint density at radius 3 is 2.70 bits per heavy atom. The fourth-order valence-corrected chi connectivity index (χ4v) is 1.61. The number of benzene rings is 1. The fraction of sp³-hybridized carbons (Fsp3) is 0.143. The lowest BCUT2D eigenvalue weighted by atomic mass is 10.2. The normalized spacial score (nSPS) is 10.2. The van der Waals surface area contributed by atoms with Crippen molar-refractivity contribution in [2.24, 2.45) is 7.05 Å². The molecule has 6 heteroatoms. The van der Waals surface area contributed by atoms with Crippen LogP contribution in [-0.2, 0) is 7.05 Å². The molecule has 0 fully saturated rings. The minimum absolute atomic E-state index is 0.00460. The van der Waals surface area contributed by atoms with Crippen molar-refractivity contribution < 1.29 is 13.9 Å². The highest BCUT2D eigenvalue weighted by Gasteiger charge is 2.11. The maximum Gasteiger partial charge on any atom is 0.255 e. The van der Waals surface area contributed by atoms with Gasteiger partial charge in [-0.2, -0.15) is 0 Å². The second-order valence-electron chi connectivity index (χ2n) is 4.16. The molecule has 0 aliphatic carbocycles. The zero-order valence-electron chi connectivity index (χ0n) is 11.0. The van der Waals surface area contributed by atoms with Gasteiger partial charge in [0.05, 0.1) is 12.8 Å². The van der Waals surface area contributed by atoms with Crippen molar-refractivity contribution in [3.63, 3.8) is 0 Å². The van der Waals surface area contributed by atoms with Gasteiger partial charge in [-0.3, -0.25) is 9.59 Å². The summed E-state index contributed by atoms with van der Waals surface area (Å²) in [5.74, 6) is -0.719. The van der Waals surface area contributed by atoms with Crippen LogP contribution in [0.1, 0.15) is 10.4 Å². The minimum Gasteiger partial charge on any atom is -0.497 e. The van der Waals surface area contributed by atoms with E-state index in [-0.39, 0.29) is 16.8 Å². The number of nitrogens with one attached hydrogen (secondary N) is 1. The Labute approximate surface area is 114 Å². The Morgan fingerprint density at radius 2 is 2.05 bits per heavy atom. The molecule has 0 aliphatic heterocycles. The van der Waals surface area contributed by atoms with Gasteiger partial charge in [-0.15, -0.1) is 0 Å². The van der Waals surface area contributed by atoms with E-state index in [1.165, 1.54) is 48.2 Å². The van der Waals surface area contributed by atoms with Crippen molar-refractivity contribution in [2.45, 2.75) is 0 Å². The molecule has 1 N–H and O–H groups in total. The second kappa shape index (κ2) is 5.56. The van der Waals surface area contributed by atoms with Crippen LogP contribution in [0.15, 0.2) is 41.3 Å². The standard InChI is InChI=1S/C14H13FN2O3/c1-17-6-5-9(7-13(17)18)14(19)16-12-8-10(20-2)3-4-11(12)15/h3-8H,1-2H3,(H,16,19). The van der Waals surface area contributed by atoms with Crippen molar-refractivity contribution >= 4 is 11.6 Å². The van der Waals surface area contributed by atoms with Crippen LogP contribution in [0.2, 0.25) is 0 Å². The topological polar surface area (TPSA) is 60.3 Å². The SMILES string of the molecule is COc1ccc(F)c(NC(=O)c2ccn(C)c(=O)c2)c1. The van der Waals surface area contributed by atoms with E-state index in [0.717, 1.165) is 0 Å². The van der Waals surface area contributed by atoms with Crippen LogP contribution in [0, 0.1) is 5.82 Å². The first-order valence-corrected chi connectivity index (χ1v) is 5.83. The number of anilines is 1. The Morgan fingerprint density at radius 1 is 1.30 bits per heavy atom. The Kier molecular flexibility index (Phi) is 3.84. The van der Waals surface area contributed by atoms with Gasteiger partial charge in [0, 0.05) is 30.9 Å². The number of ether oxygens (including phenoxy) is 1. The van der Waals surface area contributed by atoms with Crippen molar-refractivity contribution in [3.8, 4) is 5.75 Å². The molecule has 2 aromatic rings. The quantitative estimate of drug-likeness (QED) is 0.929. The zero-order valence-corrected chi connectivity index (χ0v) is 11.0. The van der Waals surface area contributed by atoms with Gasteiger partial charge < -0.3 is 14.6 Å². The third kappa shape index (κ3) is 2.85. The Balaban J connectivity index is 2.27. The second-order valence-corrected chi connectivity index (χ2v) is 4.16. The largest absolute Gasteiger partial charge is 0.497 e. The van der Waals surface area contributed by atoms with Crippen LogP contribution in [-0.4, -0.2) is 17.6 Å². The molecule has 1 aromatic heterocycles. The lowest BCUT2D eigenvalue weighted by molar-refractivity contribution is 0.102. The van der Waals surface area contributed by atoms with E-state index in [0.29, 0.717) is 5.75 Å². The van der Waals surface area contributed by atoms with E-state index in [4.69, 9.17) is 4.74 Å². The number of aryl methyl sites for hydroxylation is 1. The summed E-state index contributed by atoms with van der Waals surface area (Å²) < 4.78 is 19.9. The third-order valence-corrected chi connectivity index (χ3v) is 2.79. The van der Waals surface area contributed by atoms with Crippen LogP contribution in [0.3, 0.4) is 0 Å². The molecule has 20 heavy (non-hydrogen) atoms. The summed E-state index contributed by atoms with van der Waals surface area (Å²) in [6.45, 7) is 0. The van der Waals surface area contributed by atoms with Crippen molar-refractivity contribution in [3.05, 3.63) is 58.3 Å². The summed E-state index contributed by atoms with van der Waals surface area (Å²) in [5.41, 5.74) is -0.158. The number of hydrogen-bond donors (Lipinski definition) is 1. The smallest absolute Gasteiger partial charge is 0.255 e. The molecular formula is C14H13FN2O3. The van der Waals surface area contributed by atoms with Crippen LogP contribution < -0.4 is 15.6 Å². The van der Waals surface area contributed by atoms with E-state index in [9.17, 15) is 14.0 Å². The van der Waals surface area contributed by atoms with Gasteiger partial charge in [0.2, 0.25) is 0 Å². The predicted octanol–water partition coefficient (Wildman–Crippen LogP) is 1.79. The monoisotopic (exact) mass is 276 g/mol. The number of hydrogen-bond acceptors (Lipinski definition) is 3. The Hall–Kier alpha value is -2.63. The predicted molar refractivity (Wildman–Crippen MR) is 72.6 cm³/mol. The molecule has 1 heterocycles. The summed E-state index contributed by atoms with van der Waals surface area (Å²) in [6, 6.07) is 6.68. The van der Waals surface area contributed by atoms with E-state index < -0.39 is 11.7 Å². The summed E-state index contributed by atoms with van der Waals surface area (Å²) in [6.07, 6.45) is 1.47. The number of halogens is 1. The molecule has 104 valence electrons. The lowest BCUT2D eigenvalue weighted by Crippen LogP contribution is -2.20. The van der Waals surface area contributed by atoms with Crippen molar-refractivity contribution in [1.29, 1.82) is 0 Å². The average molecular weight is 276 g/mol. The van der Waals surface area contributed by atoms with E-state index >= 15 is 0 Å². The average Bonchev–Trinajstić information content (AvgIpc) is 2.44. The maximum absolute atomic E-state index is 13.6. The molecule has 0 spiro atoms. The molecule has 1 aromatic carbocycles. The maximum atomic E-state index is 13.6. The molecule has 0 radical (unpaired) electrons. The highest BCUT2D eigenvalue weighted by Crippen LogP contribution is 2.21. The number of pyridine rings is 1. The van der Waals surface area contributed by atoms with Crippen LogP contribution >= 0.6 is 0 Å². The fourth-order valence-electron chi connectivity index (χ4n) is 1.61. The molecule has 2 rings (SSSR count). The number of nitrogens with zero attached hydrogens (tertiary/aromatic N) is 1. The first kappa shape index (κ1) is 13.8. The third-order valence-electron chi connectivity index (χ3n) is 2.79. The molecule has 0 atom stereocenters. The molecule has 5 nitrogen and oxygen atoms in total. The lowest BCUT2D eigenvalue weighted by Gasteiger charge is -2.08. The molecule has 0 unspecified atom stereocenters. The number of carbonyl (C=O) groups excluding carboxylic acids is 1. The Bertz CT molecular complexity index is 710. The van der Waals surface area contributed by atoms with Crippen molar-refractivity contribution in [1.82, 2.24) is 4.57 Å². The highest BCUT2D eigenvalue weighted by molar-refractivity contribution is 6.04. The molecule has 0 aliphatic rings. The summed E-state index contributed by atoms with van der Waals surface area (Å²) in [7, 11) is 3.02. The van der Waals surface area contributed by atoms with Crippen LogP contribution in [0.4, 0.5) is 10.1 Å². The van der Waals surface area contributed by atoms with Gasteiger partial charge in [-0.05, 0) is 18.2 Å². The summed E-state index contributed by atoms with van der Waals surface area (Å²) in [5, 5.41) is 2.41. The zero-order chi connectivity index (χ0) is 14.7. The molecular weight excluding hydrogens is 263 g/mol. The van der Waals surface area contributed by atoms with Crippen molar-refractivity contribution in [2.75, 3.05) is 12.4 Å². The van der Waals surface area contributed by atoms with Gasteiger partial charge in [0.15, 0.2) is 0 Å². The highest BCUT2D eigenvalue weighted by atomic mass is 19.1. The molecule has 0 bridgehead atoms. The van der Waals surface area contributed by atoms with Gasteiger partial charge >= 0.3 is 0 Å². The number of rotatable bonds is 3. The van der Waals surface area contributed by atoms with E-state index in [1.807, 2.05) is 0 Å². The number of carbonyl (C=O) groups is 1. The first-order chi connectivity index (χ1) is 9.51. The van der Waals surface area contributed by atoms with Crippen LogP contribution in [0.25, 0.3) is 0 Å². The molecule has 0 saturated carbocycles. The molecule has 1 amide bonds. The number of methoxy groups -OCH3 is 1. The summed E-state index contributed by atoms with van der Waals surface area (Å²) in [4.78, 5) is 23.4. The van der Waals surface area contributed by atoms with Crippen LogP contribution in [0.5, 0.6) is 5.75 Å². The minimum atomic E-state index is -0.581. The number of amides is 1. The van der Waals surface area contributed by atoms with Gasteiger partial charge in [0.1, 0.15) is 11.6 Å². The van der Waals surface area contributed by atoms with E-state index in [2.05, 4.69) is 5.32 Å². The van der Waals surface area contributed by atoms with Gasteiger partial charge in [-0.1, -0.05) is 0 Å².